The summed E-state index contributed by atoms with van der Waals surface area (Å²) in [5.74, 6) is 0. The van der Waals surface area contributed by atoms with E-state index in [2.05, 4.69) is 53.8 Å². The van der Waals surface area contributed by atoms with Crippen molar-refractivity contribution >= 4 is 0 Å². The lowest BCUT2D eigenvalue weighted by Crippen LogP contribution is -2.20. The van der Waals surface area contributed by atoms with Crippen molar-refractivity contribution in [2.24, 2.45) is 0 Å². The second kappa shape index (κ2) is 9.29. The molecule has 0 spiro atoms. The van der Waals surface area contributed by atoms with Crippen LogP contribution in [0.25, 0.3) is 11.1 Å². The van der Waals surface area contributed by atoms with Crippen LogP contribution in [-0.2, 0) is 16.0 Å². The van der Waals surface area contributed by atoms with Crippen molar-refractivity contribution in [1.82, 2.24) is 5.32 Å². The van der Waals surface area contributed by atoms with Gasteiger partial charge in [-0.05, 0) is 16.7 Å². The van der Waals surface area contributed by atoms with E-state index in [-0.39, 0.29) is 0 Å². The lowest BCUT2D eigenvalue weighted by molar-refractivity contribution is 0.0719. The summed E-state index contributed by atoms with van der Waals surface area (Å²) < 4.78 is 10.3. The molecule has 0 aliphatic rings. The molecular formula is C18H23NO2. The van der Waals surface area contributed by atoms with Gasteiger partial charge in [-0.25, -0.2) is 0 Å². The SMILES string of the molecule is COCCOCCNCc1ccc(-c2ccccc2)cc1. The van der Waals surface area contributed by atoms with Gasteiger partial charge in [0.1, 0.15) is 0 Å². The van der Waals surface area contributed by atoms with E-state index in [0.29, 0.717) is 19.8 Å². The maximum absolute atomic E-state index is 5.40. The number of ether oxygens (including phenoxy) is 2. The van der Waals surface area contributed by atoms with Crippen molar-refractivity contribution in [1.29, 1.82) is 0 Å². The van der Waals surface area contributed by atoms with Crippen LogP contribution in [0.3, 0.4) is 0 Å². The zero-order chi connectivity index (χ0) is 14.8. The van der Waals surface area contributed by atoms with Gasteiger partial charge in [0.25, 0.3) is 0 Å². The van der Waals surface area contributed by atoms with Crippen LogP contribution in [-0.4, -0.2) is 33.5 Å². The lowest BCUT2D eigenvalue weighted by atomic mass is 10.0. The van der Waals surface area contributed by atoms with Gasteiger partial charge in [0.05, 0.1) is 19.8 Å². The molecule has 0 saturated carbocycles. The Morgan fingerprint density at radius 2 is 1.52 bits per heavy atom. The Labute approximate surface area is 126 Å². The summed E-state index contributed by atoms with van der Waals surface area (Å²) in [6.45, 7) is 3.74. The van der Waals surface area contributed by atoms with Crippen molar-refractivity contribution in [2.75, 3.05) is 33.5 Å². The summed E-state index contributed by atoms with van der Waals surface area (Å²) in [6, 6.07) is 19.1. The van der Waals surface area contributed by atoms with Crippen molar-refractivity contribution in [3.05, 3.63) is 60.2 Å². The van der Waals surface area contributed by atoms with Crippen molar-refractivity contribution < 1.29 is 9.47 Å². The van der Waals surface area contributed by atoms with Crippen molar-refractivity contribution in [2.45, 2.75) is 6.54 Å². The number of hydrogen-bond donors (Lipinski definition) is 1. The fourth-order valence-corrected chi connectivity index (χ4v) is 2.07. The largest absolute Gasteiger partial charge is 0.382 e. The van der Waals surface area contributed by atoms with Crippen LogP contribution in [0, 0.1) is 0 Å². The van der Waals surface area contributed by atoms with E-state index in [9.17, 15) is 0 Å². The Balaban J connectivity index is 1.71. The first-order chi connectivity index (χ1) is 10.4. The van der Waals surface area contributed by atoms with Crippen LogP contribution in [0.2, 0.25) is 0 Å². The Morgan fingerprint density at radius 3 is 2.24 bits per heavy atom. The summed E-state index contributed by atoms with van der Waals surface area (Å²) in [5, 5.41) is 3.37. The number of benzene rings is 2. The smallest absolute Gasteiger partial charge is 0.0700 e. The Hall–Kier alpha value is -1.68. The van der Waals surface area contributed by atoms with Crippen molar-refractivity contribution in [3.8, 4) is 11.1 Å². The number of methoxy groups -OCH3 is 1. The number of nitrogens with one attached hydrogen (secondary N) is 1. The summed E-state index contributed by atoms with van der Waals surface area (Å²) in [7, 11) is 1.68. The molecule has 0 fully saturated rings. The zero-order valence-corrected chi connectivity index (χ0v) is 12.5. The predicted molar refractivity (Wildman–Crippen MR) is 86.3 cm³/mol. The first-order valence-electron chi connectivity index (χ1n) is 7.32. The normalized spacial score (nSPS) is 10.7. The van der Waals surface area contributed by atoms with Gasteiger partial charge in [0.2, 0.25) is 0 Å². The molecule has 0 unspecified atom stereocenters. The molecule has 2 rings (SSSR count). The van der Waals surface area contributed by atoms with Crippen LogP contribution in [0.15, 0.2) is 54.6 Å². The van der Waals surface area contributed by atoms with Crippen molar-refractivity contribution in [3.63, 3.8) is 0 Å². The standard InChI is InChI=1S/C18H23NO2/c1-20-13-14-21-12-11-19-15-16-7-9-18(10-8-16)17-5-3-2-4-6-17/h2-10,19H,11-15H2,1H3. The minimum Gasteiger partial charge on any atom is -0.382 e. The third-order valence-electron chi connectivity index (χ3n) is 3.25. The monoisotopic (exact) mass is 285 g/mol. The molecule has 0 aromatic heterocycles. The Bertz CT molecular complexity index is 496. The van der Waals surface area contributed by atoms with E-state index in [1.807, 2.05) is 6.07 Å². The molecule has 0 radical (unpaired) electrons. The van der Waals surface area contributed by atoms with Crippen LogP contribution in [0.5, 0.6) is 0 Å². The molecule has 0 aliphatic carbocycles. The highest BCUT2D eigenvalue weighted by Crippen LogP contribution is 2.19. The molecule has 0 amide bonds. The van der Waals surface area contributed by atoms with Gasteiger partial charge >= 0.3 is 0 Å². The molecule has 0 aliphatic heterocycles. The van der Waals surface area contributed by atoms with Gasteiger partial charge in [0, 0.05) is 20.2 Å². The molecule has 0 atom stereocenters. The Morgan fingerprint density at radius 1 is 0.810 bits per heavy atom. The van der Waals surface area contributed by atoms with Crippen LogP contribution >= 0.6 is 0 Å². The molecule has 3 nitrogen and oxygen atoms in total. The minimum absolute atomic E-state index is 0.654. The molecule has 0 heterocycles. The van der Waals surface area contributed by atoms with E-state index in [0.717, 1.165) is 13.1 Å². The molecule has 2 aromatic rings. The molecule has 1 N–H and O–H groups in total. The first kappa shape index (κ1) is 15.7. The van der Waals surface area contributed by atoms with E-state index in [1.54, 1.807) is 7.11 Å². The van der Waals surface area contributed by atoms with E-state index in [4.69, 9.17) is 9.47 Å². The highest BCUT2D eigenvalue weighted by molar-refractivity contribution is 5.63. The first-order valence-corrected chi connectivity index (χ1v) is 7.32. The quantitative estimate of drug-likeness (QED) is 0.718. The maximum atomic E-state index is 5.40. The summed E-state index contributed by atoms with van der Waals surface area (Å²) in [6.07, 6.45) is 0. The maximum Gasteiger partial charge on any atom is 0.0700 e. The predicted octanol–water partition coefficient (Wildman–Crippen LogP) is 3.11. The topological polar surface area (TPSA) is 30.5 Å². The molecular weight excluding hydrogens is 262 g/mol. The third-order valence-corrected chi connectivity index (χ3v) is 3.25. The number of rotatable bonds is 9. The summed E-state index contributed by atoms with van der Waals surface area (Å²) >= 11 is 0. The minimum atomic E-state index is 0.654. The van der Waals surface area contributed by atoms with E-state index in [1.165, 1.54) is 16.7 Å². The fraction of sp³-hybridized carbons (Fsp3) is 0.333. The second-order valence-corrected chi connectivity index (χ2v) is 4.84. The molecule has 0 bridgehead atoms. The average Bonchev–Trinajstić information content (AvgIpc) is 2.55. The molecule has 21 heavy (non-hydrogen) atoms. The van der Waals surface area contributed by atoms with Gasteiger partial charge in [0.15, 0.2) is 0 Å². The van der Waals surface area contributed by atoms with E-state index >= 15 is 0 Å². The highest BCUT2D eigenvalue weighted by atomic mass is 16.5. The van der Waals surface area contributed by atoms with Crippen LogP contribution in [0.4, 0.5) is 0 Å². The van der Waals surface area contributed by atoms with Gasteiger partial charge in [-0.2, -0.15) is 0 Å². The van der Waals surface area contributed by atoms with Crippen LogP contribution in [0.1, 0.15) is 5.56 Å². The van der Waals surface area contributed by atoms with Crippen LogP contribution < -0.4 is 5.32 Å². The van der Waals surface area contributed by atoms with E-state index < -0.39 is 0 Å². The third kappa shape index (κ3) is 5.68. The summed E-state index contributed by atoms with van der Waals surface area (Å²) in [4.78, 5) is 0. The molecule has 2 aromatic carbocycles. The molecule has 0 saturated heterocycles. The fourth-order valence-electron chi connectivity index (χ4n) is 2.07. The van der Waals surface area contributed by atoms with Gasteiger partial charge in [-0.3, -0.25) is 0 Å². The molecule has 3 heteroatoms. The molecule has 112 valence electrons. The van der Waals surface area contributed by atoms with Gasteiger partial charge < -0.3 is 14.8 Å². The second-order valence-electron chi connectivity index (χ2n) is 4.84. The van der Waals surface area contributed by atoms with Gasteiger partial charge in [-0.15, -0.1) is 0 Å². The summed E-state index contributed by atoms with van der Waals surface area (Å²) in [5.41, 5.74) is 3.79. The zero-order valence-electron chi connectivity index (χ0n) is 12.5. The average molecular weight is 285 g/mol. The van der Waals surface area contributed by atoms with Gasteiger partial charge in [-0.1, -0.05) is 54.6 Å². The number of hydrogen-bond acceptors (Lipinski definition) is 3. The highest BCUT2D eigenvalue weighted by Gasteiger charge is 1.97. The lowest BCUT2D eigenvalue weighted by Gasteiger charge is -2.07. The Kier molecular flexibility index (Phi) is 6.95.